The number of benzene rings is 2. The molecule has 2 amide bonds. The number of nitrogens with zero attached hydrogens (tertiary/aromatic N) is 1. The van der Waals surface area contributed by atoms with Crippen LogP contribution in [0.4, 0.5) is 5.69 Å². The van der Waals surface area contributed by atoms with Crippen LogP contribution < -0.4 is 14.7 Å². The van der Waals surface area contributed by atoms with Crippen molar-refractivity contribution in [2.45, 2.75) is 19.0 Å². The van der Waals surface area contributed by atoms with E-state index < -0.39 is 0 Å². The lowest BCUT2D eigenvalue weighted by atomic mass is 10.1. The van der Waals surface area contributed by atoms with E-state index in [1.807, 2.05) is 6.07 Å². The van der Waals surface area contributed by atoms with Gasteiger partial charge in [-0.1, -0.05) is 53.5 Å². The Morgan fingerprint density at radius 3 is 2.32 bits per heavy atom. The fourth-order valence-electron chi connectivity index (χ4n) is 4.18. The smallest absolute Gasteiger partial charge is 0.292 e. The highest BCUT2D eigenvalue weighted by Crippen LogP contribution is 2.29. The molecule has 146 valence electrons. The summed E-state index contributed by atoms with van der Waals surface area (Å²) in [7, 11) is 0. The van der Waals surface area contributed by atoms with Gasteiger partial charge in [0, 0.05) is 5.56 Å². The summed E-state index contributed by atoms with van der Waals surface area (Å²) < 4.78 is 0. The van der Waals surface area contributed by atoms with Crippen LogP contribution in [-0.2, 0) is 16.1 Å². The molecule has 0 aliphatic carbocycles. The van der Waals surface area contributed by atoms with E-state index in [4.69, 9.17) is 23.2 Å². The van der Waals surface area contributed by atoms with E-state index in [-0.39, 0.29) is 24.3 Å². The van der Waals surface area contributed by atoms with Gasteiger partial charge in [0.25, 0.3) is 5.91 Å². The molecule has 28 heavy (non-hydrogen) atoms. The van der Waals surface area contributed by atoms with Gasteiger partial charge in [-0.25, -0.2) is 4.90 Å². The third-order valence-corrected chi connectivity index (χ3v) is 6.44. The first-order valence-corrected chi connectivity index (χ1v) is 10.3. The van der Waals surface area contributed by atoms with Gasteiger partial charge in [0.15, 0.2) is 6.04 Å². The standard InChI is InChI=1S/C21H21Cl2N3O2/c22-17-7-6-16(12-18(17)23)26-20(27)13-19(21(26)28)25-10-8-24(9-11-25)14-15-4-2-1-3-5-15/h1-7,12,19H,8-11,13-14H2/p+2/t19-/m0/s1. The van der Waals surface area contributed by atoms with Crippen molar-refractivity contribution in [2.24, 2.45) is 0 Å². The fraction of sp³-hybridized carbons (Fsp3) is 0.333. The Balaban J connectivity index is 1.40. The van der Waals surface area contributed by atoms with E-state index in [2.05, 4.69) is 24.3 Å². The summed E-state index contributed by atoms with van der Waals surface area (Å²) in [5.74, 6) is -0.301. The SMILES string of the molecule is O=C1C[C@H]([NH+]2CC[NH+](Cc3ccccc3)CC2)C(=O)N1c1ccc(Cl)c(Cl)c1. The molecule has 1 atom stereocenters. The first-order valence-electron chi connectivity index (χ1n) is 9.57. The molecule has 2 aliphatic rings. The predicted octanol–water partition coefficient (Wildman–Crippen LogP) is 0.609. The number of quaternary nitrogens is 2. The third-order valence-electron chi connectivity index (χ3n) is 5.70. The van der Waals surface area contributed by atoms with Gasteiger partial charge in [0.1, 0.15) is 32.7 Å². The van der Waals surface area contributed by atoms with Crippen molar-refractivity contribution in [2.75, 3.05) is 31.1 Å². The van der Waals surface area contributed by atoms with Crippen LogP contribution in [0, 0.1) is 0 Å². The lowest BCUT2D eigenvalue weighted by Gasteiger charge is -2.32. The Bertz CT molecular complexity index is 882. The molecule has 0 unspecified atom stereocenters. The van der Waals surface area contributed by atoms with Gasteiger partial charge in [-0.2, -0.15) is 0 Å². The number of imide groups is 1. The highest BCUT2D eigenvalue weighted by atomic mass is 35.5. The maximum atomic E-state index is 13.0. The molecule has 2 aliphatic heterocycles. The Labute approximate surface area is 174 Å². The van der Waals surface area contributed by atoms with Crippen LogP contribution in [-0.4, -0.2) is 44.0 Å². The highest BCUT2D eigenvalue weighted by Gasteiger charge is 2.47. The Hall–Kier alpha value is -1.92. The predicted molar refractivity (Wildman–Crippen MR) is 109 cm³/mol. The zero-order valence-electron chi connectivity index (χ0n) is 15.5. The van der Waals surface area contributed by atoms with Crippen LogP contribution in [0.15, 0.2) is 48.5 Å². The van der Waals surface area contributed by atoms with Gasteiger partial charge in [0.2, 0.25) is 5.91 Å². The summed E-state index contributed by atoms with van der Waals surface area (Å²) in [4.78, 5) is 29.5. The third kappa shape index (κ3) is 3.94. The topological polar surface area (TPSA) is 46.3 Å². The zero-order valence-corrected chi connectivity index (χ0v) is 17.0. The second-order valence-electron chi connectivity index (χ2n) is 7.49. The molecule has 7 heteroatoms. The van der Waals surface area contributed by atoms with Gasteiger partial charge in [0.05, 0.1) is 22.2 Å². The minimum absolute atomic E-state index is 0.134. The number of piperazine rings is 1. The highest BCUT2D eigenvalue weighted by molar-refractivity contribution is 6.42. The van der Waals surface area contributed by atoms with Crippen LogP contribution in [0.3, 0.4) is 0 Å². The molecule has 0 saturated carbocycles. The summed E-state index contributed by atoms with van der Waals surface area (Å²) in [5, 5.41) is 0.748. The van der Waals surface area contributed by atoms with Crippen LogP contribution in [0.2, 0.25) is 10.0 Å². The number of halogens is 2. The van der Waals surface area contributed by atoms with Gasteiger partial charge in [-0.15, -0.1) is 0 Å². The van der Waals surface area contributed by atoms with Crippen LogP contribution >= 0.6 is 23.2 Å². The molecule has 2 fully saturated rings. The monoisotopic (exact) mass is 419 g/mol. The molecule has 4 rings (SSSR count). The van der Waals surface area contributed by atoms with E-state index in [0.717, 1.165) is 32.7 Å². The molecule has 0 spiro atoms. The Kier molecular flexibility index (Phi) is 5.69. The number of anilines is 1. The van der Waals surface area contributed by atoms with Crippen LogP contribution in [0.1, 0.15) is 12.0 Å². The summed E-state index contributed by atoms with van der Waals surface area (Å²) in [6, 6.07) is 15.0. The van der Waals surface area contributed by atoms with Crippen molar-refractivity contribution in [3.63, 3.8) is 0 Å². The van der Waals surface area contributed by atoms with E-state index in [0.29, 0.717) is 15.7 Å². The first kappa shape index (κ1) is 19.4. The molecule has 0 radical (unpaired) electrons. The molecule has 2 N–H and O–H groups in total. The van der Waals surface area contributed by atoms with Gasteiger partial charge >= 0.3 is 0 Å². The number of rotatable bonds is 4. The number of hydrogen-bond acceptors (Lipinski definition) is 2. The number of carbonyl (C=O) groups is 2. The van der Waals surface area contributed by atoms with Crippen molar-refractivity contribution in [3.05, 3.63) is 64.1 Å². The quantitative estimate of drug-likeness (QED) is 0.713. The lowest BCUT2D eigenvalue weighted by molar-refractivity contribution is -1.02. The molecule has 2 saturated heterocycles. The normalized spacial score (nSPS) is 25.4. The Morgan fingerprint density at radius 1 is 0.929 bits per heavy atom. The molecule has 0 bridgehead atoms. The maximum Gasteiger partial charge on any atom is 0.292 e. The van der Waals surface area contributed by atoms with Gasteiger partial charge in [-0.3, -0.25) is 9.59 Å². The van der Waals surface area contributed by atoms with Crippen molar-refractivity contribution in [3.8, 4) is 0 Å². The fourth-order valence-corrected chi connectivity index (χ4v) is 4.47. The van der Waals surface area contributed by atoms with Crippen LogP contribution in [0.25, 0.3) is 0 Å². The van der Waals surface area contributed by atoms with E-state index in [1.54, 1.807) is 18.2 Å². The van der Waals surface area contributed by atoms with Crippen LogP contribution in [0.5, 0.6) is 0 Å². The molecule has 2 aromatic carbocycles. The number of nitrogens with one attached hydrogen (secondary N) is 2. The Morgan fingerprint density at radius 2 is 1.64 bits per heavy atom. The average molecular weight is 420 g/mol. The van der Waals surface area contributed by atoms with Crippen molar-refractivity contribution in [1.82, 2.24) is 0 Å². The second-order valence-corrected chi connectivity index (χ2v) is 8.31. The summed E-state index contributed by atoms with van der Waals surface area (Å²) in [6.45, 7) is 4.77. The molecule has 2 heterocycles. The molecule has 2 aromatic rings. The van der Waals surface area contributed by atoms with Crippen molar-refractivity contribution < 1.29 is 19.4 Å². The number of carbonyl (C=O) groups excluding carboxylic acids is 2. The second kappa shape index (κ2) is 8.21. The molecular formula is C21H23Cl2N3O2+2. The number of hydrogen-bond donors (Lipinski definition) is 2. The average Bonchev–Trinajstić information content (AvgIpc) is 3.00. The lowest BCUT2D eigenvalue weighted by Crippen LogP contribution is -3.29. The summed E-state index contributed by atoms with van der Waals surface area (Å²) >= 11 is 12.0. The maximum absolute atomic E-state index is 13.0. The van der Waals surface area contributed by atoms with Crippen molar-refractivity contribution in [1.29, 1.82) is 0 Å². The van der Waals surface area contributed by atoms with E-state index in [9.17, 15) is 9.59 Å². The summed E-state index contributed by atoms with van der Waals surface area (Å²) in [6.07, 6.45) is 0.252. The first-order chi connectivity index (χ1) is 13.5. The molecule has 0 aromatic heterocycles. The van der Waals surface area contributed by atoms with Gasteiger partial charge in [-0.05, 0) is 18.2 Å². The molecular weight excluding hydrogens is 397 g/mol. The zero-order chi connectivity index (χ0) is 19.7. The van der Waals surface area contributed by atoms with Gasteiger partial charge < -0.3 is 9.80 Å². The minimum Gasteiger partial charge on any atom is -0.322 e. The summed E-state index contributed by atoms with van der Waals surface area (Å²) in [5.41, 5.74) is 1.83. The number of amides is 2. The molecule has 5 nitrogen and oxygen atoms in total. The van der Waals surface area contributed by atoms with E-state index >= 15 is 0 Å². The largest absolute Gasteiger partial charge is 0.322 e. The minimum atomic E-state index is -0.305. The van der Waals surface area contributed by atoms with E-state index in [1.165, 1.54) is 20.3 Å². The van der Waals surface area contributed by atoms with Crippen molar-refractivity contribution >= 4 is 40.7 Å².